The normalized spacial score (nSPS) is 15.8. The second kappa shape index (κ2) is 4.91. The Morgan fingerprint density at radius 3 is 2.11 bits per heavy atom. The molecule has 1 aliphatic carbocycles. The first-order valence-corrected chi connectivity index (χ1v) is 5.46. The average Bonchev–Trinajstić information content (AvgIpc) is 2.69. The van der Waals surface area contributed by atoms with E-state index in [1.165, 1.54) is 12.1 Å². The van der Waals surface area contributed by atoms with Crippen LogP contribution >= 0.6 is 0 Å². The van der Waals surface area contributed by atoms with Gasteiger partial charge in [0.2, 0.25) is 0 Å². The third-order valence-electron chi connectivity index (χ3n) is 2.68. The van der Waals surface area contributed by atoms with Crippen molar-refractivity contribution in [3.05, 3.63) is 30.3 Å². The van der Waals surface area contributed by atoms with Crippen LogP contribution in [0.1, 0.15) is 12.8 Å². The van der Waals surface area contributed by atoms with Gasteiger partial charge >= 0.3 is 5.97 Å². The number of carbonyl (C=O) groups excluding carboxylic acids is 4. The topological polar surface area (TPSA) is 77.5 Å². The molecule has 5 nitrogen and oxygen atoms in total. The summed E-state index contributed by atoms with van der Waals surface area (Å²) in [7, 11) is 0. The van der Waals surface area contributed by atoms with E-state index in [1.54, 1.807) is 18.2 Å². The number of rotatable bonds is 3. The molecule has 1 fully saturated rings. The summed E-state index contributed by atoms with van der Waals surface area (Å²) in [5, 5.41) is 0. The zero-order valence-corrected chi connectivity index (χ0v) is 9.42. The second-order valence-electron chi connectivity index (χ2n) is 3.93. The van der Waals surface area contributed by atoms with E-state index in [0.29, 0.717) is 0 Å². The van der Waals surface area contributed by atoms with Gasteiger partial charge in [-0.1, -0.05) is 18.2 Å². The molecule has 2 rings (SSSR count). The van der Waals surface area contributed by atoms with Gasteiger partial charge in [-0.2, -0.15) is 0 Å². The van der Waals surface area contributed by atoms with Gasteiger partial charge in [-0.25, -0.2) is 4.79 Å². The van der Waals surface area contributed by atoms with Gasteiger partial charge in [0, 0.05) is 12.8 Å². The Hall–Kier alpha value is -2.30. The molecule has 0 N–H and O–H groups in total. The Morgan fingerprint density at radius 2 is 1.56 bits per heavy atom. The molecule has 0 heterocycles. The summed E-state index contributed by atoms with van der Waals surface area (Å²) in [4.78, 5) is 45.8. The smallest absolute Gasteiger partial charge is 0.381 e. The molecule has 0 bridgehead atoms. The summed E-state index contributed by atoms with van der Waals surface area (Å²) in [6.45, 7) is 0. The van der Waals surface area contributed by atoms with Crippen molar-refractivity contribution < 1.29 is 23.9 Å². The summed E-state index contributed by atoms with van der Waals surface area (Å²) < 4.78 is 4.79. The van der Waals surface area contributed by atoms with Crippen molar-refractivity contribution in [1.82, 2.24) is 0 Å². The van der Waals surface area contributed by atoms with Crippen LogP contribution < -0.4 is 4.74 Å². The number of Topliss-reactive ketones (excluding diaryl/α,β-unsaturated/α-hetero) is 3. The minimum atomic E-state index is -1.46. The molecule has 0 unspecified atom stereocenters. The van der Waals surface area contributed by atoms with Gasteiger partial charge in [0.05, 0.1) is 0 Å². The van der Waals surface area contributed by atoms with E-state index in [9.17, 15) is 19.2 Å². The second-order valence-corrected chi connectivity index (χ2v) is 3.93. The van der Waals surface area contributed by atoms with Crippen molar-refractivity contribution in [2.24, 2.45) is 5.92 Å². The maximum absolute atomic E-state index is 11.7. The third-order valence-corrected chi connectivity index (χ3v) is 2.68. The van der Waals surface area contributed by atoms with E-state index < -0.39 is 29.2 Å². The molecule has 18 heavy (non-hydrogen) atoms. The van der Waals surface area contributed by atoms with Crippen LogP contribution in [-0.4, -0.2) is 23.3 Å². The molecule has 0 saturated heterocycles. The van der Waals surface area contributed by atoms with Crippen molar-refractivity contribution in [3.63, 3.8) is 0 Å². The van der Waals surface area contributed by atoms with E-state index in [1.807, 2.05) is 0 Å². The van der Waals surface area contributed by atoms with Crippen LogP contribution in [0.25, 0.3) is 0 Å². The number of para-hydroxylation sites is 1. The van der Waals surface area contributed by atoms with Gasteiger partial charge in [0.15, 0.2) is 11.6 Å². The van der Waals surface area contributed by atoms with Gasteiger partial charge in [-0.15, -0.1) is 0 Å². The van der Waals surface area contributed by atoms with Crippen LogP contribution in [-0.2, 0) is 19.2 Å². The Kier molecular flexibility index (Phi) is 3.32. The highest BCUT2D eigenvalue weighted by Crippen LogP contribution is 2.19. The highest BCUT2D eigenvalue weighted by Gasteiger charge is 2.42. The first-order valence-electron chi connectivity index (χ1n) is 5.46. The monoisotopic (exact) mass is 246 g/mol. The summed E-state index contributed by atoms with van der Waals surface area (Å²) >= 11 is 0. The third kappa shape index (κ3) is 2.34. The molecule has 0 aromatic heterocycles. The molecule has 1 aromatic rings. The fourth-order valence-electron chi connectivity index (χ4n) is 1.77. The van der Waals surface area contributed by atoms with Crippen molar-refractivity contribution in [3.8, 4) is 5.75 Å². The van der Waals surface area contributed by atoms with Gasteiger partial charge in [0.25, 0.3) is 5.78 Å². The van der Waals surface area contributed by atoms with E-state index in [2.05, 4.69) is 0 Å². The Bertz CT molecular complexity index is 501. The van der Waals surface area contributed by atoms with Crippen LogP contribution in [0.5, 0.6) is 5.75 Å². The van der Waals surface area contributed by atoms with Gasteiger partial charge in [-0.3, -0.25) is 14.4 Å². The zero-order chi connectivity index (χ0) is 13.1. The summed E-state index contributed by atoms with van der Waals surface area (Å²) in [5.41, 5.74) is 0. The minimum Gasteiger partial charge on any atom is -0.421 e. The molecule has 92 valence electrons. The number of esters is 1. The lowest BCUT2D eigenvalue weighted by atomic mass is 10.0. The predicted molar refractivity (Wildman–Crippen MR) is 59.8 cm³/mol. The maximum atomic E-state index is 11.7. The number of benzene rings is 1. The van der Waals surface area contributed by atoms with Crippen molar-refractivity contribution in [2.75, 3.05) is 0 Å². The van der Waals surface area contributed by atoms with E-state index in [4.69, 9.17) is 4.74 Å². The standard InChI is InChI=1S/C13H10O5/c14-9-6-7-10(15)11(9)12(16)13(17)18-8-4-2-1-3-5-8/h1-5,11H,6-7H2. The number of hydrogen-bond acceptors (Lipinski definition) is 5. The van der Waals surface area contributed by atoms with Crippen LogP contribution in [0.2, 0.25) is 0 Å². The quantitative estimate of drug-likeness (QED) is 0.339. The fraction of sp³-hybridized carbons (Fsp3) is 0.231. The minimum absolute atomic E-state index is 0.0217. The molecule has 1 aromatic carbocycles. The average molecular weight is 246 g/mol. The molecule has 0 amide bonds. The highest BCUT2D eigenvalue weighted by atomic mass is 16.5. The molecule has 0 spiro atoms. The first kappa shape index (κ1) is 12.2. The van der Waals surface area contributed by atoms with Crippen molar-refractivity contribution in [2.45, 2.75) is 12.8 Å². The number of carbonyl (C=O) groups is 4. The molecule has 1 saturated carbocycles. The van der Waals surface area contributed by atoms with Crippen molar-refractivity contribution >= 4 is 23.3 Å². The SMILES string of the molecule is O=C(Oc1ccccc1)C(=O)C1C(=O)CCC1=O. The van der Waals surface area contributed by atoms with Crippen LogP contribution in [0, 0.1) is 5.92 Å². The van der Waals surface area contributed by atoms with Gasteiger partial charge in [0.1, 0.15) is 11.7 Å². The summed E-state index contributed by atoms with van der Waals surface area (Å²) in [6, 6.07) is 8.01. The lowest BCUT2D eigenvalue weighted by Gasteiger charge is -2.05. The van der Waals surface area contributed by atoms with E-state index in [0.717, 1.165) is 0 Å². The van der Waals surface area contributed by atoms with Crippen LogP contribution in [0.15, 0.2) is 30.3 Å². The number of ketones is 3. The van der Waals surface area contributed by atoms with E-state index in [-0.39, 0.29) is 18.6 Å². The fourth-order valence-corrected chi connectivity index (χ4v) is 1.77. The molecule has 0 atom stereocenters. The maximum Gasteiger partial charge on any atom is 0.381 e. The Balaban J connectivity index is 2.08. The largest absolute Gasteiger partial charge is 0.421 e. The number of hydrogen-bond donors (Lipinski definition) is 0. The zero-order valence-electron chi connectivity index (χ0n) is 9.42. The molecule has 1 aliphatic rings. The highest BCUT2D eigenvalue weighted by molar-refractivity contribution is 6.45. The molecular formula is C13H10O5. The molecule has 5 heteroatoms. The lowest BCUT2D eigenvalue weighted by Crippen LogP contribution is -2.34. The van der Waals surface area contributed by atoms with Crippen LogP contribution in [0.3, 0.4) is 0 Å². The van der Waals surface area contributed by atoms with Gasteiger partial charge < -0.3 is 4.74 Å². The molecular weight excluding hydrogens is 236 g/mol. The van der Waals surface area contributed by atoms with Crippen molar-refractivity contribution in [1.29, 1.82) is 0 Å². The van der Waals surface area contributed by atoms with Gasteiger partial charge in [-0.05, 0) is 12.1 Å². The van der Waals surface area contributed by atoms with Crippen LogP contribution in [0.4, 0.5) is 0 Å². The number of ether oxygens (including phenoxy) is 1. The van der Waals surface area contributed by atoms with E-state index >= 15 is 0 Å². The molecule has 0 aliphatic heterocycles. The first-order chi connectivity index (χ1) is 8.59. The molecule has 0 radical (unpaired) electrons. The lowest BCUT2D eigenvalue weighted by molar-refractivity contribution is -0.152. The summed E-state index contributed by atoms with van der Waals surface area (Å²) in [5.74, 6) is -4.51. The Morgan fingerprint density at radius 1 is 1.00 bits per heavy atom. The Labute approximate surface area is 103 Å². The predicted octanol–water partition coefficient (Wildman–Crippen LogP) is 0.709. The summed E-state index contributed by atoms with van der Waals surface area (Å²) in [6.07, 6.45) is 0.0434.